The number of hydrogen-bond acceptors (Lipinski definition) is 2. The smallest absolute Gasteiger partial charge is 0.249 e. The van der Waals surface area contributed by atoms with E-state index in [0.29, 0.717) is 6.61 Å². The third-order valence-electron chi connectivity index (χ3n) is 2.29. The van der Waals surface area contributed by atoms with E-state index < -0.39 is 0 Å². The van der Waals surface area contributed by atoms with Crippen molar-refractivity contribution in [2.45, 2.75) is 19.1 Å². The van der Waals surface area contributed by atoms with E-state index in [2.05, 4.69) is 5.32 Å². The number of benzene rings is 1. The molecule has 0 aliphatic carbocycles. The Balaban J connectivity index is 1.85. The van der Waals surface area contributed by atoms with Crippen LogP contribution in [0.25, 0.3) is 0 Å². The number of ether oxygens (including phenoxy) is 1. The molecule has 0 radical (unpaired) electrons. The van der Waals surface area contributed by atoms with Crippen LogP contribution < -0.4 is 5.32 Å². The Morgan fingerprint density at radius 1 is 1.36 bits per heavy atom. The van der Waals surface area contributed by atoms with Gasteiger partial charge in [0.1, 0.15) is 6.10 Å². The first-order valence-electron chi connectivity index (χ1n) is 4.79. The molecule has 1 N–H and O–H groups in total. The average molecular weight is 191 g/mol. The van der Waals surface area contributed by atoms with Crippen LogP contribution in [0.15, 0.2) is 30.3 Å². The van der Waals surface area contributed by atoms with E-state index in [1.54, 1.807) is 0 Å². The third kappa shape index (κ3) is 2.12. The van der Waals surface area contributed by atoms with Gasteiger partial charge < -0.3 is 10.1 Å². The van der Waals surface area contributed by atoms with E-state index in [9.17, 15) is 4.79 Å². The van der Waals surface area contributed by atoms with Gasteiger partial charge in [0.2, 0.25) is 5.91 Å². The summed E-state index contributed by atoms with van der Waals surface area (Å²) in [7, 11) is 0. The predicted octanol–water partition coefficient (Wildman–Crippen LogP) is 1.09. The molecular weight excluding hydrogens is 178 g/mol. The first-order valence-corrected chi connectivity index (χ1v) is 4.79. The van der Waals surface area contributed by atoms with Crippen LogP contribution in [0, 0.1) is 0 Å². The van der Waals surface area contributed by atoms with Gasteiger partial charge in [0.15, 0.2) is 0 Å². The number of hydrogen-bond donors (Lipinski definition) is 1. The molecule has 74 valence electrons. The summed E-state index contributed by atoms with van der Waals surface area (Å²) < 4.78 is 5.49. The van der Waals surface area contributed by atoms with Crippen LogP contribution in [0.2, 0.25) is 0 Å². The fraction of sp³-hybridized carbons (Fsp3) is 0.364. The predicted molar refractivity (Wildman–Crippen MR) is 52.6 cm³/mol. The third-order valence-corrected chi connectivity index (χ3v) is 2.29. The van der Waals surface area contributed by atoms with Crippen molar-refractivity contribution < 1.29 is 9.53 Å². The van der Waals surface area contributed by atoms with Gasteiger partial charge in [0.05, 0.1) is 6.61 Å². The summed E-state index contributed by atoms with van der Waals surface area (Å²) in [4.78, 5) is 11.2. The Morgan fingerprint density at radius 3 is 2.79 bits per heavy atom. The molecule has 1 aromatic rings. The van der Waals surface area contributed by atoms with Crippen LogP contribution in [-0.2, 0) is 16.1 Å². The van der Waals surface area contributed by atoms with Crippen molar-refractivity contribution in [2.75, 3.05) is 6.54 Å². The van der Waals surface area contributed by atoms with E-state index in [1.807, 2.05) is 30.3 Å². The second-order valence-electron chi connectivity index (χ2n) is 3.36. The Labute approximate surface area is 83.1 Å². The van der Waals surface area contributed by atoms with Gasteiger partial charge in [-0.15, -0.1) is 0 Å². The lowest BCUT2D eigenvalue weighted by Gasteiger charge is -2.08. The molecule has 3 nitrogen and oxygen atoms in total. The van der Waals surface area contributed by atoms with Gasteiger partial charge >= 0.3 is 0 Å². The molecule has 1 unspecified atom stereocenters. The summed E-state index contributed by atoms with van der Waals surface area (Å²) in [6, 6.07) is 9.88. The van der Waals surface area contributed by atoms with Crippen molar-refractivity contribution >= 4 is 5.91 Å². The summed E-state index contributed by atoms with van der Waals surface area (Å²) >= 11 is 0. The Bertz CT molecular complexity index is 310. The normalized spacial score (nSPS) is 20.9. The molecule has 3 heteroatoms. The second-order valence-corrected chi connectivity index (χ2v) is 3.36. The van der Waals surface area contributed by atoms with Crippen LogP contribution in [0.5, 0.6) is 0 Å². The van der Waals surface area contributed by atoms with Crippen molar-refractivity contribution in [1.82, 2.24) is 5.32 Å². The topological polar surface area (TPSA) is 38.3 Å². The number of carbonyl (C=O) groups is 1. The van der Waals surface area contributed by atoms with Crippen LogP contribution >= 0.6 is 0 Å². The number of carbonyl (C=O) groups excluding carboxylic acids is 1. The van der Waals surface area contributed by atoms with Crippen molar-refractivity contribution in [1.29, 1.82) is 0 Å². The van der Waals surface area contributed by atoms with Gasteiger partial charge in [-0.05, 0) is 12.0 Å². The van der Waals surface area contributed by atoms with Gasteiger partial charge in [0, 0.05) is 6.54 Å². The molecule has 1 aliphatic heterocycles. The summed E-state index contributed by atoms with van der Waals surface area (Å²) in [6.45, 7) is 1.25. The minimum Gasteiger partial charge on any atom is -0.364 e. The van der Waals surface area contributed by atoms with E-state index in [0.717, 1.165) is 18.5 Å². The molecule has 1 fully saturated rings. The number of nitrogens with one attached hydrogen (secondary N) is 1. The summed E-state index contributed by atoms with van der Waals surface area (Å²) in [5, 5.41) is 2.74. The minimum absolute atomic E-state index is 0.0148. The summed E-state index contributed by atoms with van der Waals surface area (Å²) in [5.41, 5.74) is 1.10. The Hall–Kier alpha value is -1.35. The highest BCUT2D eigenvalue weighted by Crippen LogP contribution is 2.09. The SMILES string of the molecule is O=C1NCCC1OCc1ccccc1. The molecule has 1 aromatic carbocycles. The fourth-order valence-corrected chi connectivity index (χ4v) is 1.50. The van der Waals surface area contributed by atoms with Crippen LogP contribution in [0.3, 0.4) is 0 Å². The van der Waals surface area contributed by atoms with Gasteiger partial charge in [-0.3, -0.25) is 4.79 Å². The maximum atomic E-state index is 11.2. The van der Waals surface area contributed by atoms with Gasteiger partial charge in [-0.25, -0.2) is 0 Å². The highest BCUT2D eigenvalue weighted by molar-refractivity contribution is 5.82. The number of rotatable bonds is 3. The van der Waals surface area contributed by atoms with E-state index in [4.69, 9.17) is 4.74 Å². The standard InChI is InChI=1S/C11H13NO2/c13-11-10(6-7-12-11)14-8-9-4-2-1-3-5-9/h1-5,10H,6-8H2,(H,12,13). The maximum Gasteiger partial charge on any atom is 0.249 e. The monoisotopic (exact) mass is 191 g/mol. The van der Waals surface area contributed by atoms with E-state index in [1.165, 1.54) is 0 Å². The lowest BCUT2D eigenvalue weighted by Crippen LogP contribution is -2.25. The first kappa shape index (κ1) is 9.21. The summed E-state index contributed by atoms with van der Waals surface area (Å²) in [5.74, 6) is 0.0148. The van der Waals surface area contributed by atoms with Crippen molar-refractivity contribution in [2.24, 2.45) is 0 Å². The zero-order valence-corrected chi connectivity index (χ0v) is 7.90. The molecule has 0 saturated carbocycles. The van der Waals surface area contributed by atoms with Crippen molar-refractivity contribution in [3.63, 3.8) is 0 Å². The fourth-order valence-electron chi connectivity index (χ4n) is 1.50. The van der Waals surface area contributed by atoms with Gasteiger partial charge in [0.25, 0.3) is 0 Å². The highest BCUT2D eigenvalue weighted by atomic mass is 16.5. The molecule has 1 saturated heterocycles. The largest absolute Gasteiger partial charge is 0.364 e. The minimum atomic E-state index is -0.254. The Kier molecular flexibility index (Phi) is 2.79. The second kappa shape index (κ2) is 4.24. The molecule has 0 bridgehead atoms. The molecule has 2 rings (SSSR count). The average Bonchev–Trinajstić information content (AvgIpc) is 2.63. The van der Waals surface area contributed by atoms with Crippen LogP contribution in [0.1, 0.15) is 12.0 Å². The maximum absolute atomic E-state index is 11.2. The molecule has 1 atom stereocenters. The first-order chi connectivity index (χ1) is 6.86. The molecule has 1 amide bonds. The van der Waals surface area contributed by atoms with Gasteiger partial charge in [-0.1, -0.05) is 30.3 Å². The molecule has 0 aromatic heterocycles. The van der Waals surface area contributed by atoms with E-state index >= 15 is 0 Å². The molecule has 1 aliphatic rings. The van der Waals surface area contributed by atoms with Gasteiger partial charge in [-0.2, -0.15) is 0 Å². The van der Waals surface area contributed by atoms with Crippen LogP contribution in [-0.4, -0.2) is 18.6 Å². The van der Waals surface area contributed by atoms with Crippen molar-refractivity contribution in [3.8, 4) is 0 Å². The quantitative estimate of drug-likeness (QED) is 0.776. The lowest BCUT2D eigenvalue weighted by atomic mass is 10.2. The van der Waals surface area contributed by atoms with Crippen LogP contribution in [0.4, 0.5) is 0 Å². The van der Waals surface area contributed by atoms with E-state index in [-0.39, 0.29) is 12.0 Å². The van der Waals surface area contributed by atoms with Crippen molar-refractivity contribution in [3.05, 3.63) is 35.9 Å². The zero-order valence-electron chi connectivity index (χ0n) is 7.90. The number of amides is 1. The molecular formula is C11H13NO2. The highest BCUT2D eigenvalue weighted by Gasteiger charge is 2.24. The lowest BCUT2D eigenvalue weighted by molar-refractivity contribution is -0.129. The molecule has 1 heterocycles. The summed E-state index contributed by atoms with van der Waals surface area (Å²) in [6.07, 6.45) is 0.529. The Morgan fingerprint density at radius 2 is 2.14 bits per heavy atom. The zero-order chi connectivity index (χ0) is 9.80. The molecule has 0 spiro atoms. The molecule has 14 heavy (non-hydrogen) atoms.